The van der Waals surface area contributed by atoms with Crippen molar-refractivity contribution in [1.29, 1.82) is 0 Å². The maximum atomic E-state index is 11.4. The van der Waals surface area contributed by atoms with Crippen molar-refractivity contribution in [3.05, 3.63) is 80.9 Å². The second kappa shape index (κ2) is 6.46. The smallest absolute Gasteiger partial charge is 0.233 e. The highest BCUT2D eigenvalue weighted by Gasteiger charge is 2.41. The van der Waals surface area contributed by atoms with Crippen molar-refractivity contribution in [2.24, 2.45) is 0 Å². The predicted molar refractivity (Wildman–Crippen MR) is 86.7 cm³/mol. The monoisotopic (exact) mass is 316 g/mol. The van der Waals surface area contributed by atoms with Crippen molar-refractivity contribution < 1.29 is 4.92 Å². The van der Waals surface area contributed by atoms with Gasteiger partial charge in [0, 0.05) is 23.0 Å². The highest BCUT2D eigenvalue weighted by atomic mass is 35.5. The standard InChI is InChI=1S/C17H17ClN2O2/c18-15-8-6-14(7-9-15)16-11-19(12-17(16)20(21)22)10-13-4-2-1-3-5-13/h1-9,16-17H,10-12H2/t16-,17+/m0/s1. The summed E-state index contributed by atoms with van der Waals surface area (Å²) >= 11 is 5.91. The molecule has 0 amide bonds. The zero-order valence-electron chi connectivity index (χ0n) is 12.1. The third-order valence-electron chi connectivity index (χ3n) is 4.18. The van der Waals surface area contributed by atoms with Crippen molar-refractivity contribution in [3.63, 3.8) is 0 Å². The van der Waals surface area contributed by atoms with E-state index in [1.165, 1.54) is 5.56 Å². The lowest BCUT2D eigenvalue weighted by Crippen LogP contribution is -2.28. The quantitative estimate of drug-likeness (QED) is 0.639. The first-order valence-corrected chi connectivity index (χ1v) is 7.66. The number of hydrogen-bond acceptors (Lipinski definition) is 3. The molecule has 2 atom stereocenters. The number of nitro groups is 1. The van der Waals surface area contributed by atoms with Crippen LogP contribution in [0.1, 0.15) is 17.0 Å². The molecule has 0 aromatic heterocycles. The van der Waals surface area contributed by atoms with Gasteiger partial charge < -0.3 is 0 Å². The molecule has 1 saturated heterocycles. The zero-order valence-corrected chi connectivity index (χ0v) is 12.8. The van der Waals surface area contributed by atoms with Gasteiger partial charge in [0.15, 0.2) is 0 Å². The summed E-state index contributed by atoms with van der Waals surface area (Å²) in [6, 6.07) is 16.9. The molecule has 0 spiro atoms. The molecule has 114 valence electrons. The van der Waals surface area contributed by atoms with Crippen LogP contribution in [0.4, 0.5) is 0 Å². The molecule has 0 unspecified atom stereocenters. The van der Waals surface area contributed by atoms with Crippen molar-refractivity contribution >= 4 is 11.6 Å². The molecule has 0 saturated carbocycles. The minimum Gasteiger partial charge on any atom is -0.292 e. The van der Waals surface area contributed by atoms with Crippen LogP contribution in [0.2, 0.25) is 5.02 Å². The van der Waals surface area contributed by atoms with E-state index in [0.29, 0.717) is 18.1 Å². The first kappa shape index (κ1) is 15.0. The first-order chi connectivity index (χ1) is 10.6. The maximum Gasteiger partial charge on any atom is 0.233 e. The minimum absolute atomic E-state index is 0.0871. The Bertz CT molecular complexity index is 645. The lowest BCUT2D eigenvalue weighted by atomic mass is 9.95. The van der Waals surface area contributed by atoms with Crippen LogP contribution in [0.15, 0.2) is 54.6 Å². The van der Waals surface area contributed by atoms with Crippen molar-refractivity contribution in [2.45, 2.75) is 18.5 Å². The molecule has 1 heterocycles. The van der Waals surface area contributed by atoms with Gasteiger partial charge in [0.05, 0.1) is 12.5 Å². The van der Waals surface area contributed by atoms with Crippen molar-refractivity contribution in [1.82, 2.24) is 4.90 Å². The third kappa shape index (κ3) is 3.29. The summed E-state index contributed by atoms with van der Waals surface area (Å²) in [7, 11) is 0. The Morgan fingerprint density at radius 3 is 2.41 bits per heavy atom. The first-order valence-electron chi connectivity index (χ1n) is 7.29. The Morgan fingerprint density at radius 1 is 1.09 bits per heavy atom. The predicted octanol–water partition coefficient (Wildman–Crippen LogP) is 3.58. The molecule has 0 aliphatic carbocycles. The van der Waals surface area contributed by atoms with E-state index in [0.717, 1.165) is 12.1 Å². The normalized spacial score (nSPS) is 21.9. The molecule has 2 aromatic rings. The summed E-state index contributed by atoms with van der Waals surface area (Å²) < 4.78 is 0. The number of halogens is 1. The van der Waals surface area contributed by atoms with Gasteiger partial charge in [-0.05, 0) is 23.3 Å². The van der Waals surface area contributed by atoms with Gasteiger partial charge in [0.2, 0.25) is 6.04 Å². The Labute approximate surface area is 134 Å². The topological polar surface area (TPSA) is 46.4 Å². The molecule has 1 aliphatic heterocycles. The summed E-state index contributed by atoms with van der Waals surface area (Å²) in [6.07, 6.45) is 0. The Morgan fingerprint density at radius 2 is 1.77 bits per heavy atom. The summed E-state index contributed by atoms with van der Waals surface area (Å²) in [5.41, 5.74) is 2.17. The van der Waals surface area contributed by atoms with E-state index in [1.54, 1.807) is 12.1 Å². The van der Waals surface area contributed by atoms with E-state index in [-0.39, 0.29) is 10.8 Å². The molecule has 3 rings (SSSR count). The molecule has 0 N–H and O–H groups in total. The number of benzene rings is 2. The highest BCUT2D eigenvalue weighted by molar-refractivity contribution is 6.30. The van der Waals surface area contributed by atoms with Crippen LogP contribution in [-0.2, 0) is 6.54 Å². The van der Waals surface area contributed by atoms with E-state index in [1.807, 2.05) is 30.3 Å². The van der Waals surface area contributed by atoms with E-state index in [2.05, 4.69) is 17.0 Å². The van der Waals surface area contributed by atoms with Crippen LogP contribution in [-0.4, -0.2) is 29.0 Å². The average molecular weight is 317 g/mol. The Kier molecular flexibility index (Phi) is 4.41. The average Bonchev–Trinajstić information content (AvgIpc) is 2.93. The molecule has 1 fully saturated rings. The van der Waals surface area contributed by atoms with Gasteiger partial charge in [0.25, 0.3) is 0 Å². The van der Waals surface area contributed by atoms with Gasteiger partial charge in [-0.3, -0.25) is 15.0 Å². The molecule has 22 heavy (non-hydrogen) atoms. The summed E-state index contributed by atoms with van der Waals surface area (Å²) in [6.45, 7) is 1.92. The van der Waals surface area contributed by atoms with E-state index in [4.69, 9.17) is 11.6 Å². The van der Waals surface area contributed by atoms with Crippen LogP contribution in [0.3, 0.4) is 0 Å². The van der Waals surface area contributed by atoms with Crippen LogP contribution in [0.5, 0.6) is 0 Å². The fraction of sp³-hybridized carbons (Fsp3) is 0.294. The number of likely N-dealkylation sites (tertiary alicyclic amines) is 1. The van der Waals surface area contributed by atoms with Gasteiger partial charge in [-0.15, -0.1) is 0 Å². The molecule has 0 radical (unpaired) electrons. The fourth-order valence-electron chi connectivity index (χ4n) is 3.09. The van der Waals surface area contributed by atoms with Gasteiger partial charge in [-0.2, -0.15) is 0 Å². The zero-order chi connectivity index (χ0) is 15.5. The molecular formula is C17H17ClN2O2. The molecule has 1 aliphatic rings. The summed E-state index contributed by atoms with van der Waals surface area (Å²) in [5, 5.41) is 12.1. The molecule has 2 aromatic carbocycles. The Balaban J connectivity index is 1.77. The summed E-state index contributed by atoms with van der Waals surface area (Å²) in [5.74, 6) is -0.0871. The maximum absolute atomic E-state index is 11.4. The van der Waals surface area contributed by atoms with Crippen LogP contribution < -0.4 is 0 Å². The second-order valence-corrected chi connectivity index (χ2v) is 6.13. The number of nitrogens with zero attached hydrogens (tertiary/aromatic N) is 2. The van der Waals surface area contributed by atoms with E-state index in [9.17, 15) is 10.1 Å². The van der Waals surface area contributed by atoms with E-state index >= 15 is 0 Å². The van der Waals surface area contributed by atoms with Gasteiger partial charge >= 0.3 is 0 Å². The fourth-order valence-corrected chi connectivity index (χ4v) is 3.21. The highest BCUT2D eigenvalue weighted by Crippen LogP contribution is 2.31. The number of hydrogen-bond donors (Lipinski definition) is 0. The second-order valence-electron chi connectivity index (χ2n) is 5.69. The lowest BCUT2D eigenvalue weighted by molar-refractivity contribution is -0.521. The number of rotatable bonds is 4. The summed E-state index contributed by atoms with van der Waals surface area (Å²) in [4.78, 5) is 13.4. The largest absolute Gasteiger partial charge is 0.292 e. The third-order valence-corrected chi connectivity index (χ3v) is 4.43. The van der Waals surface area contributed by atoms with Crippen molar-refractivity contribution in [2.75, 3.05) is 13.1 Å². The van der Waals surface area contributed by atoms with Gasteiger partial charge in [-0.25, -0.2) is 0 Å². The molecule has 0 bridgehead atoms. The SMILES string of the molecule is O=[N+]([O-])[C@@H]1CN(Cc2ccccc2)C[C@H]1c1ccc(Cl)cc1. The molecule has 4 nitrogen and oxygen atoms in total. The molecular weight excluding hydrogens is 300 g/mol. The minimum atomic E-state index is -0.565. The van der Waals surface area contributed by atoms with Crippen molar-refractivity contribution in [3.8, 4) is 0 Å². The van der Waals surface area contributed by atoms with Gasteiger partial charge in [0.1, 0.15) is 0 Å². The van der Waals surface area contributed by atoms with Crippen LogP contribution in [0, 0.1) is 10.1 Å². The van der Waals surface area contributed by atoms with Crippen LogP contribution in [0.25, 0.3) is 0 Å². The van der Waals surface area contributed by atoms with E-state index < -0.39 is 6.04 Å². The van der Waals surface area contributed by atoms with Gasteiger partial charge in [-0.1, -0.05) is 54.1 Å². The Hall–Kier alpha value is -1.91. The lowest BCUT2D eigenvalue weighted by Gasteiger charge is -2.15. The van der Waals surface area contributed by atoms with Crippen LogP contribution >= 0.6 is 11.6 Å². The molecule has 5 heteroatoms.